The average molecular weight is 240 g/mol. The van der Waals surface area contributed by atoms with Crippen LogP contribution in [0.3, 0.4) is 0 Å². The fourth-order valence-corrected chi connectivity index (χ4v) is 2.77. The molecule has 17 heavy (non-hydrogen) atoms. The number of hydrogen-bond donors (Lipinski definition) is 1. The Labute approximate surface area is 108 Å². The van der Waals surface area contributed by atoms with E-state index in [1.807, 2.05) is 0 Å². The second-order valence-corrected chi connectivity index (χ2v) is 6.50. The zero-order valence-corrected chi connectivity index (χ0v) is 12.2. The van der Waals surface area contributed by atoms with Gasteiger partial charge >= 0.3 is 0 Å². The molecule has 0 aromatic heterocycles. The van der Waals surface area contributed by atoms with E-state index in [9.17, 15) is 0 Å². The molecule has 2 nitrogen and oxygen atoms in total. The van der Waals surface area contributed by atoms with Crippen LogP contribution in [0.4, 0.5) is 0 Å². The van der Waals surface area contributed by atoms with Crippen LogP contribution in [-0.2, 0) is 0 Å². The monoisotopic (exact) mass is 240 g/mol. The highest BCUT2D eigenvalue weighted by Gasteiger charge is 2.24. The largest absolute Gasteiger partial charge is 0.330 e. The lowest BCUT2D eigenvalue weighted by Crippen LogP contribution is -2.37. The van der Waals surface area contributed by atoms with Crippen LogP contribution < -0.4 is 5.73 Å². The van der Waals surface area contributed by atoms with Crippen molar-refractivity contribution in [3.05, 3.63) is 0 Å². The van der Waals surface area contributed by atoms with Gasteiger partial charge in [0.2, 0.25) is 0 Å². The smallest absolute Gasteiger partial charge is 0.00136 e. The summed E-state index contributed by atoms with van der Waals surface area (Å²) >= 11 is 0. The fraction of sp³-hybridized carbons (Fsp3) is 1.00. The van der Waals surface area contributed by atoms with Crippen molar-refractivity contribution < 1.29 is 0 Å². The molecule has 0 saturated carbocycles. The van der Waals surface area contributed by atoms with E-state index >= 15 is 0 Å². The molecule has 1 heterocycles. The van der Waals surface area contributed by atoms with Crippen LogP contribution in [0.1, 0.15) is 59.3 Å². The zero-order chi connectivity index (χ0) is 12.7. The standard InChI is InChI=1S/C15H32N2/c1-4-14(7-10-16)6-5-11-17-12-8-15(2,3)9-13-17/h14H,4-13,16H2,1-3H3. The number of nitrogens with zero attached hydrogens (tertiary/aromatic N) is 1. The highest BCUT2D eigenvalue weighted by Crippen LogP contribution is 2.29. The second kappa shape index (κ2) is 7.38. The summed E-state index contributed by atoms with van der Waals surface area (Å²) < 4.78 is 0. The third kappa shape index (κ3) is 5.87. The van der Waals surface area contributed by atoms with Crippen molar-refractivity contribution in [2.24, 2.45) is 17.1 Å². The molecule has 0 radical (unpaired) electrons. The van der Waals surface area contributed by atoms with Gasteiger partial charge in [0.15, 0.2) is 0 Å². The highest BCUT2D eigenvalue weighted by molar-refractivity contribution is 4.78. The lowest BCUT2D eigenvalue weighted by Gasteiger charge is -2.37. The Morgan fingerprint density at radius 3 is 2.35 bits per heavy atom. The van der Waals surface area contributed by atoms with E-state index < -0.39 is 0 Å². The van der Waals surface area contributed by atoms with Gasteiger partial charge in [-0.2, -0.15) is 0 Å². The number of hydrogen-bond acceptors (Lipinski definition) is 2. The van der Waals surface area contributed by atoms with Crippen LogP contribution in [0.15, 0.2) is 0 Å². The van der Waals surface area contributed by atoms with E-state index in [2.05, 4.69) is 25.7 Å². The Hall–Kier alpha value is -0.0800. The molecule has 0 spiro atoms. The predicted molar refractivity (Wildman–Crippen MR) is 76.1 cm³/mol. The first-order valence-corrected chi connectivity index (χ1v) is 7.50. The molecule has 0 aliphatic carbocycles. The van der Waals surface area contributed by atoms with Crippen LogP contribution in [0.2, 0.25) is 0 Å². The minimum atomic E-state index is 0.585. The maximum Gasteiger partial charge on any atom is -0.00136 e. The van der Waals surface area contributed by atoms with Gasteiger partial charge in [0.05, 0.1) is 0 Å². The van der Waals surface area contributed by atoms with Gasteiger partial charge in [0.1, 0.15) is 0 Å². The van der Waals surface area contributed by atoms with Crippen LogP contribution in [0, 0.1) is 11.3 Å². The molecular formula is C15H32N2. The van der Waals surface area contributed by atoms with E-state index in [4.69, 9.17) is 5.73 Å². The lowest BCUT2D eigenvalue weighted by atomic mass is 9.82. The highest BCUT2D eigenvalue weighted by atomic mass is 15.1. The molecule has 0 amide bonds. The molecule has 1 fully saturated rings. The van der Waals surface area contributed by atoms with Crippen LogP contribution in [0.5, 0.6) is 0 Å². The topological polar surface area (TPSA) is 29.3 Å². The van der Waals surface area contributed by atoms with Crippen molar-refractivity contribution >= 4 is 0 Å². The molecule has 2 N–H and O–H groups in total. The summed E-state index contributed by atoms with van der Waals surface area (Å²) in [5, 5.41) is 0. The molecule has 0 aromatic carbocycles. The Bertz CT molecular complexity index is 191. The summed E-state index contributed by atoms with van der Waals surface area (Å²) in [7, 11) is 0. The molecule has 1 unspecified atom stereocenters. The minimum absolute atomic E-state index is 0.585. The Morgan fingerprint density at radius 1 is 1.18 bits per heavy atom. The van der Waals surface area contributed by atoms with E-state index in [0.29, 0.717) is 5.41 Å². The van der Waals surface area contributed by atoms with E-state index in [1.54, 1.807) is 0 Å². The third-order valence-electron chi connectivity index (χ3n) is 4.45. The fourth-order valence-electron chi connectivity index (χ4n) is 2.77. The molecule has 1 rings (SSSR count). The summed E-state index contributed by atoms with van der Waals surface area (Å²) in [4.78, 5) is 2.65. The van der Waals surface area contributed by atoms with Crippen molar-refractivity contribution in [2.45, 2.75) is 59.3 Å². The van der Waals surface area contributed by atoms with Crippen LogP contribution in [-0.4, -0.2) is 31.1 Å². The molecule has 1 atom stereocenters. The van der Waals surface area contributed by atoms with Gasteiger partial charge in [0, 0.05) is 0 Å². The van der Waals surface area contributed by atoms with Gasteiger partial charge < -0.3 is 10.6 Å². The van der Waals surface area contributed by atoms with Crippen LogP contribution >= 0.6 is 0 Å². The molecule has 0 bridgehead atoms. The molecule has 0 aromatic rings. The van der Waals surface area contributed by atoms with Gasteiger partial charge in [0.25, 0.3) is 0 Å². The third-order valence-corrected chi connectivity index (χ3v) is 4.45. The van der Waals surface area contributed by atoms with Gasteiger partial charge in [-0.1, -0.05) is 27.2 Å². The normalized spacial score (nSPS) is 22.6. The maximum absolute atomic E-state index is 5.64. The number of nitrogens with two attached hydrogens (primary N) is 1. The number of likely N-dealkylation sites (tertiary alicyclic amines) is 1. The molecule has 1 saturated heterocycles. The Balaban J connectivity index is 2.11. The molecule has 1 aliphatic rings. The Kier molecular flexibility index (Phi) is 6.50. The van der Waals surface area contributed by atoms with E-state index in [0.717, 1.165) is 12.5 Å². The Morgan fingerprint density at radius 2 is 1.82 bits per heavy atom. The van der Waals surface area contributed by atoms with Gasteiger partial charge in [-0.15, -0.1) is 0 Å². The van der Waals surface area contributed by atoms with Crippen molar-refractivity contribution in [3.8, 4) is 0 Å². The average Bonchev–Trinajstić information content (AvgIpc) is 2.30. The van der Waals surface area contributed by atoms with Crippen molar-refractivity contribution in [2.75, 3.05) is 26.2 Å². The lowest BCUT2D eigenvalue weighted by molar-refractivity contribution is 0.129. The molecule has 1 aliphatic heterocycles. The van der Waals surface area contributed by atoms with Crippen molar-refractivity contribution in [1.29, 1.82) is 0 Å². The van der Waals surface area contributed by atoms with E-state index in [-0.39, 0.29) is 0 Å². The first-order chi connectivity index (χ1) is 8.07. The SMILES string of the molecule is CCC(CCN)CCCN1CCC(C)(C)CC1. The predicted octanol–water partition coefficient (Wildman–Crippen LogP) is 3.26. The van der Waals surface area contributed by atoms with Gasteiger partial charge in [-0.25, -0.2) is 0 Å². The maximum atomic E-state index is 5.64. The zero-order valence-electron chi connectivity index (χ0n) is 12.2. The van der Waals surface area contributed by atoms with E-state index in [1.165, 1.54) is 58.2 Å². The molecular weight excluding hydrogens is 208 g/mol. The first-order valence-electron chi connectivity index (χ1n) is 7.50. The van der Waals surface area contributed by atoms with Crippen molar-refractivity contribution in [3.63, 3.8) is 0 Å². The first kappa shape index (κ1) is 15.0. The number of rotatable bonds is 7. The van der Waals surface area contributed by atoms with Gasteiger partial charge in [-0.05, 0) is 69.6 Å². The van der Waals surface area contributed by atoms with Gasteiger partial charge in [-0.3, -0.25) is 0 Å². The minimum Gasteiger partial charge on any atom is -0.330 e. The summed E-state index contributed by atoms with van der Waals surface area (Å²) in [6.07, 6.45) is 7.97. The van der Waals surface area contributed by atoms with Crippen molar-refractivity contribution in [1.82, 2.24) is 4.90 Å². The second-order valence-electron chi connectivity index (χ2n) is 6.50. The number of piperidine rings is 1. The summed E-state index contributed by atoms with van der Waals surface area (Å²) in [5.41, 5.74) is 6.22. The summed E-state index contributed by atoms with van der Waals surface area (Å²) in [6, 6.07) is 0. The summed E-state index contributed by atoms with van der Waals surface area (Å²) in [6.45, 7) is 11.9. The quantitative estimate of drug-likeness (QED) is 0.740. The molecule has 102 valence electrons. The van der Waals surface area contributed by atoms with Crippen LogP contribution in [0.25, 0.3) is 0 Å². The summed E-state index contributed by atoms with van der Waals surface area (Å²) in [5.74, 6) is 0.862. The molecule has 2 heteroatoms.